The maximum atomic E-state index is 12.1. The summed E-state index contributed by atoms with van der Waals surface area (Å²) in [5.74, 6) is -1.52. The van der Waals surface area contributed by atoms with Gasteiger partial charge in [0.05, 0.1) is 12.8 Å². The van der Waals surface area contributed by atoms with Crippen molar-refractivity contribution in [1.82, 2.24) is 4.90 Å². The van der Waals surface area contributed by atoms with Crippen LogP contribution in [0, 0.1) is 0 Å². The topological polar surface area (TPSA) is 88.9 Å². The van der Waals surface area contributed by atoms with Crippen molar-refractivity contribution >= 4 is 23.5 Å². The van der Waals surface area contributed by atoms with Crippen molar-refractivity contribution in [3.8, 4) is 0 Å². The number of hydrogen-bond donors (Lipinski definition) is 1. The first kappa shape index (κ1) is 18.3. The van der Waals surface area contributed by atoms with Crippen molar-refractivity contribution in [2.45, 2.75) is 13.3 Å². The van der Waals surface area contributed by atoms with Crippen molar-refractivity contribution in [3.63, 3.8) is 0 Å². The van der Waals surface area contributed by atoms with E-state index in [1.54, 1.807) is 6.07 Å². The van der Waals surface area contributed by atoms with Gasteiger partial charge in [-0.3, -0.25) is 9.59 Å². The van der Waals surface area contributed by atoms with Gasteiger partial charge in [0.15, 0.2) is 6.61 Å². The lowest BCUT2D eigenvalue weighted by Crippen LogP contribution is -2.37. The fourth-order valence-electron chi connectivity index (χ4n) is 2.15. The van der Waals surface area contributed by atoms with Crippen LogP contribution in [0.15, 0.2) is 47.1 Å². The molecule has 2 aromatic rings. The second-order valence-corrected chi connectivity index (χ2v) is 5.36. The van der Waals surface area contributed by atoms with E-state index in [-0.39, 0.29) is 18.2 Å². The molecule has 0 bridgehead atoms. The highest BCUT2D eigenvalue weighted by molar-refractivity contribution is 5.95. The minimum absolute atomic E-state index is 0.0179. The molecule has 2 rings (SSSR count). The number of benzene rings is 1. The Morgan fingerprint density at radius 2 is 1.92 bits per heavy atom. The van der Waals surface area contributed by atoms with Crippen LogP contribution in [0.3, 0.4) is 0 Å². The van der Waals surface area contributed by atoms with E-state index in [0.29, 0.717) is 0 Å². The Morgan fingerprint density at radius 3 is 2.60 bits per heavy atom. The molecule has 0 aliphatic rings. The Hall–Kier alpha value is -3.09. The van der Waals surface area contributed by atoms with E-state index in [9.17, 15) is 14.4 Å². The lowest BCUT2D eigenvalue weighted by atomic mass is 10.1. The van der Waals surface area contributed by atoms with Gasteiger partial charge < -0.3 is 19.4 Å². The minimum Gasteiger partial charge on any atom is -0.457 e. The maximum Gasteiger partial charge on any atom is 0.374 e. The van der Waals surface area contributed by atoms with E-state index >= 15 is 0 Å². The molecule has 0 saturated carbocycles. The number of anilines is 1. The van der Waals surface area contributed by atoms with Crippen molar-refractivity contribution in [3.05, 3.63) is 54.0 Å². The van der Waals surface area contributed by atoms with Crippen LogP contribution in [0.4, 0.5) is 5.69 Å². The lowest BCUT2D eigenvalue weighted by Gasteiger charge is -2.17. The molecule has 1 heterocycles. The fourth-order valence-corrected chi connectivity index (χ4v) is 2.15. The van der Waals surface area contributed by atoms with E-state index in [4.69, 9.17) is 9.15 Å². The molecule has 0 unspecified atom stereocenters. The summed E-state index contributed by atoms with van der Waals surface area (Å²) >= 11 is 0. The summed E-state index contributed by atoms with van der Waals surface area (Å²) in [6.07, 6.45) is 2.12. The van der Waals surface area contributed by atoms with E-state index in [0.717, 1.165) is 17.7 Å². The quantitative estimate of drug-likeness (QED) is 0.777. The van der Waals surface area contributed by atoms with Crippen LogP contribution in [-0.4, -0.2) is 42.9 Å². The van der Waals surface area contributed by atoms with Gasteiger partial charge in [-0.25, -0.2) is 4.79 Å². The van der Waals surface area contributed by atoms with Gasteiger partial charge in [0.2, 0.25) is 11.7 Å². The van der Waals surface area contributed by atoms with Crippen LogP contribution in [0.2, 0.25) is 0 Å². The molecule has 0 spiro atoms. The number of amides is 2. The summed E-state index contributed by atoms with van der Waals surface area (Å²) in [7, 11) is 1.47. The SMILES string of the molecule is CCc1ccccc1NC(=O)CN(C)C(=O)COC(=O)c1ccco1. The number of furan rings is 1. The molecule has 7 nitrogen and oxygen atoms in total. The number of carbonyl (C=O) groups excluding carboxylic acids is 3. The Labute approximate surface area is 145 Å². The van der Waals surface area contributed by atoms with Crippen LogP contribution in [-0.2, 0) is 20.7 Å². The number of rotatable bonds is 7. The van der Waals surface area contributed by atoms with Gasteiger partial charge >= 0.3 is 5.97 Å². The molecule has 25 heavy (non-hydrogen) atoms. The average molecular weight is 344 g/mol. The normalized spacial score (nSPS) is 10.2. The molecule has 1 aromatic heterocycles. The first-order chi connectivity index (χ1) is 12.0. The number of carbonyl (C=O) groups is 3. The molecule has 0 saturated heterocycles. The number of esters is 1. The number of nitrogens with one attached hydrogen (secondary N) is 1. The third-order valence-corrected chi connectivity index (χ3v) is 3.53. The van der Waals surface area contributed by atoms with Gasteiger partial charge in [0.25, 0.3) is 5.91 Å². The first-order valence-electron chi connectivity index (χ1n) is 7.83. The number of likely N-dealkylation sites (N-methyl/N-ethyl adjacent to an activating group) is 1. The first-order valence-corrected chi connectivity index (χ1v) is 7.83. The second kappa shape index (κ2) is 8.68. The molecule has 1 aromatic carbocycles. The maximum absolute atomic E-state index is 12.1. The van der Waals surface area contributed by atoms with Crippen molar-refractivity contribution < 1.29 is 23.5 Å². The summed E-state index contributed by atoms with van der Waals surface area (Å²) in [5, 5.41) is 2.78. The van der Waals surface area contributed by atoms with E-state index < -0.39 is 18.5 Å². The predicted octanol–water partition coefficient (Wildman–Crippen LogP) is 2.10. The summed E-state index contributed by atoms with van der Waals surface area (Å²) < 4.78 is 9.73. The number of nitrogens with zero attached hydrogens (tertiary/aromatic N) is 1. The third-order valence-electron chi connectivity index (χ3n) is 3.53. The molecular weight excluding hydrogens is 324 g/mol. The molecule has 0 atom stereocenters. The average Bonchev–Trinajstić information content (AvgIpc) is 3.14. The lowest BCUT2D eigenvalue weighted by molar-refractivity contribution is -0.136. The molecule has 0 aliphatic carbocycles. The summed E-state index contributed by atoms with van der Waals surface area (Å²) in [6, 6.07) is 10.5. The molecule has 0 aliphatic heterocycles. The predicted molar refractivity (Wildman–Crippen MR) is 91.1 cm³/mol. The Kier molecular flexibility index (Phi) is 6.33. The van der Waals surface area contributed by atoms with Gasteiger partial charge in [-0.15, -0.1) is 0 Å². The smallest absolute Gasteiger partial charge is 0.374 e. The monoisotopic (exact) mass is 344 g/mol. The van der Waals surface area contributed by atoms with Crippen LogP contribution >= 0.6 is 0 Å². The van der Waals surface area contributed by atoms with Crippen molar-refractivity contribution in [1.29, 1.82) is 0 Å². The zero-order chi connectivity index (χ0) is 18.2. The third kappa shape index (κ3) is 5.20. The zero-order valence-electron chi connectivity index (χ0n) is 14.2. The van der Waals surface area contributed by atoms with Gasteiger partial charge in [0.1, 0.15) is 0 Å². The highest BCUT2D eigenvalue weighted by Gasteiger charge is 2.17. The Morgan fingerprint density at radius 1 is 1.16 bits per heavy atom. The Balaban J connectivity index is 1.81. The molecule has 2 amide bonds. The van der Waals surface area contributed by atoms with Gasteiger partial charge in [-0.05, 0) is 30.2 Å². The summed E-state index contributed by atoms with van der Waals surface area (Å²) in [4.78, 5) is 36.9. The minimum atomic E-state index is -0.729. The van der Waals surface area contributed by atoms with E-state index in [2.05, 4.69) is 5.32 Å². The molecule has 7 heteroatoms. The van der Waals surface area contributed by atoms with Crippen LogP contribution in [0.5, 0.6) is 0 Å². The number of para-hydroxylation sites is 1. The fraction of sp³-hybridized carbons (Fsp3) is 0.278. The molecule has 132 valence electrons. The summed E-state index contributed by atoms with van der Waals surface area (Å²) in [6.45, 7) is 1.39. The number of ether oxygens (including phenoxy) is 1. The summed E-state index contributed by atoms with van der Waals surface area (Å²) in [5.41, 5.74) is 1.73. The van der Waals surface area contributed by atoms with E-state index in [1.807, 2.05) is 31.2 Å². The highest BCUT2D eigenvalue weighted by atomic mass is 16.5. The van der Waals surface area contributed by atoms with E-state index in [1.165, 1.54) is 24.3 Å². The van der Waals surface area contributed by atoms with Crippen LogP contribution < -0.4 is 5.32 Å². The largest absolute Gasteiger partial charge is 0.457 e. The highest BCUT2D eigenvalue weighted by Crippen LogP contribution is 2.15. The van der Waals surface area contributed by atoms with Crippen molar-refractivity contribution in [2.75, 3.05) is 25.5 Å². The molecule has 0 fully saturated rings. The number of hydrogen-bond acceptors (Lipinski definition) is 5. The number of aryl methyl sites for hydroxylation is 1. The van der Waals surface area contributed by atoms with Crippen molar-refractivity contribution in [2.24, 2.45) is 0 Å². The van der Waals surface area contributed by atoms with Gasteiger partial charge in [-0.2, -0.15) is 0 Å². The standard InChI is InChI=1S/C18H20N2O5/c1-3-13-7-4-5-8-14(13)19-16(21)11-20(2)17(22)12-25-18(23)15-9-6-10-24-15/h4-10H,3,11-12H2,1-2H3,(H,19,21). The second-order valence-electron chi connectivity index (χ2n) is 5.36. The van der Waals surface area contributed by atoms with Gasteiger partial charge in [-0.1, -0.05) is 25.1 Å². The van der Waals surface area contributed by atoms with Crippen LogP contribution in [0.1, 0.15) is 23.0 Å². The molecule has 0 radical (unpaired) electrons. The van der Waals surface area contributed by atoms with Gasteiger partial charge in [0, 0.05) is 12.7 Å². The molecular formula is C18H20N2O5. The Bertz CT molecular complexity index is 740. The van der Waals surface area contributed by atoms with Crippen LogP contribution in [0.25, 0.3) is 0 Å². The zero-order valence-corrected chi connectivity index (χ0v) is 14.2. The molecule has 1 N–H and O–H groups in total.